The molecule has 96 valence electrons. The first-order valence-corrected chi connectivity index (χ1v) is 6.53. The highest BCUT2D eigenvalue weighted by Gasteiger charge is 2.13. The molecule has 4 nitrogen and oxygen atoms in total. The van der Waals surface area contributed by atoms with E-state index in [1.165, 1.54) is 19.3 Å². The van der Waals surface area contributed by atoms with E-state index in [0.717, 1.165) is 18.7 Å². The smallest absolute Gasteiger partial charge is 0.231 e. The van der Waals surface area contributed by atoms with Crippen molar-refractivity contribution in [2.75, 3.05) is 13.2 Å². The highest BCUT2D eigenvalue weighted by Crippen LogP contribution is 2.16. The Labute approximate surface area is 108 Å². The van der Waals surface area contributed by atoms with Gasteiger partial charge in [0.15, 0.2) is 0 Å². The van der Waals surface area contributed by atoms with Crippen LogP contribution in [0.1, 0.15) is 36.9 Å². The van der Waals surface area contributed by atoms with Crippen LogP contribution in [0.3, 0.4) is 0 Å². The maximum absolute atomic E-state index is 8.98. The molecule has 1 fully saturated rings. The molecule has 0 amide bonds. The molecular weight excluding hydrogens is 226 g/mol. The van der Waals surface area contributed by atoms with Gasteiger partial charge < -0.3 is 10.1 Å². The lowest BCUT2D eigenvalue weighted by atomic mass is 10.0. The van der Waals surface area contributed by atoms with E-state index in [4.69, 9.17) is 10.00 Å². The topological polar surface area (TPSA) is 57.9 Å². The molecule has 1 aliphatic heterocycles. The Morgan fingerprint density at radius 2 is 2.39 bits per heavy atom. The molecule has 1 unspecified atom stereocenters. The van der Waals surface area contributed by atoms with E-state index in [1.54, 1.807) is 6.07 Å². The minimum atomic E-state index is 0.466. The zero-order valence-electron chi connectivity index (χ0n) is 10.8. The molecule has 2 rings (SSSR count). The zero-order valence-corrected chi connectivity index (χ0v) is 10.8. The third-order valence-electron chi connectivity index (χ3n) is 3.24. The molecule has 4 heteroatoms. The van der Waals surface area contributed by atoms with Crippen LogP contribution in [0.25, 0.3) is 0 Å². The number of hydrogen-bond acceptors (Lipinski definition) is 4. The van der Waals surface area contributed by atoms with Gasteiger partial charge in [0.2, 0.25) is 5.88 Å². The highest BCUT2D eigenvalue weighted by molar-refractivity contribution is 5.38. The number of nitrogens with one attached hydrogen (secondary N) is 1. The van der Waals surface area contributed by atoms with Crippen LogP contribution in [0.15, 0.2) is 12.1 Å². The second kappa shape index (κ2) is 6.36. The molecule has 1 aromatic heterocycles. The number of rotatable bonds is 4. The Bertz CT molecular complexity index is 433. The number of aromatic nitrogens is 1. The summed E-state index contributed by atoms with van der Waals surface area (Å²) in [5.41, 5.74) is 1.39. The summed E-state index contributed by atoms with van der Waals surface area (Å²) < 4.78 is 5.64. The molecule has 0 spiro atoms. The molecule has 0 radical (unpaired) electrons. The van der Waals surface area contributed by atoms with Crippen LogP contribution in [0.2, 0.25) is 0 Å². The first-order chi connectivity index (χ1) is 8.79. The maximum Gasteiger partial charge on any atom is 0.231 e. The molecule has 1 N–H and O–H groups in total. The summed E-state index contributed by atoms with van der Waals surface area (Å²) in [6.07, 6.45) is 4.76. The number of piperidine rings is 1. The van der Waals surface area contributed by atoms with Crippen LogP contribution < -0.4 is 10.1 Å². The lowest BCUT2D eigenvalue weighted by Gasteiger charge is -2.23. The van der Waals surface area contributed by atoms with Gasteiger partial charge in [-0.25, -0.2) is 4.98 Å². The SMILES string of the molecule is Cc1ccc(C#N)c(OCCC2CCCCN2)n1. The molecule has 0 saturated carbocycles. The van der Waals surface area contributed by atoms with E-state index in [2.05, 4.69) is 16.4 Å². The summed E-state index contributed by atoms with van der Waals surface area (Å²) >= 11 is 0. The second-order valence-electron chi connectivity index (χ2n) is 4.70. The number of nitriles is 1. The largest absolute Gasteiger partial charge is 0.477 e. The van der Waals surface area contributed by atoms with E-state index in [9.17, 15) is 0 Å². The predicted octanol–water partition coefficient (Wildman–Crippen LogP) is 2.17. The van der Waals surface area contributed by atoms with E-state index in [1.807, 2.05) is 13.0 Å². The van der Waals surface area contributed by atoms with Crippen molar-refractivity contribution >= 4 is 0 Å². The van der Waals surface area contributed by atoms with Crippen molar-refractivity contribution in [2.24, 2.45) is 0 Å². The minimum Gasteiger partial charge on any atom is -0.477 e. The first kappa shape index (κ1) is 12.8. The van der Waals surface area contributed by atoms with Crippen molar-refractivity contribution in [2.45, 2.75) is 38.6 Å². The van der Waals surface area contributed by atoms with Gasteiger partial charge in [-0.05, 0) is 44.9 Å². The molecule has 1 aromatic rings. The number of hydrogen-bond donors (Lipinski definition) is 1. The number of aryl methyl sites for hydroxylation is 1. The van der Waals surface area contributed by atoms with Gasteiger partial charge in [0.25, 0.3) is 0 Å². The van der Waals surface area contributed by atoms with Gasteiger partial charge in [0, 0.05) is 11.7 Å². The van der Waals surface area contributed by atoms with Crippen LogP contribution >= 0.6 is 0 Å². The van der Waals surface area contributed by atoms with E-state index in [0.29, 0.717) is 24.1 Å². The van der Waals surface area contributed by atoms with E-state index < -0.39 is 0 Å². The summed E-state index contributed by atoms with van der Waals surface area (Å²) in [5.74, 6) is 0.466. The van der Waals surface area contributed by atoms with Crippen molar-refractivity contribution in [1.29, 1.82) is 5.26 Å². The lowest BCUT2D eigenvalue weighted by molar-refractivity contribution is 0.260. The third kappa shape index (κ3) is 3.44. The predicted molar refractivity (Wildman–Crippen MR) is 69.4 cm³/mol. The number of nitrogens with zero attached hydrogens (tertiary/aromatic N) is 2. The summed E-state index contributed by atoms with van der Waals surface area (Å²) in [4.78, 5) is 4.26. The van der Waals surface area contributed by atoms with Crippen molar-refractivity contribution in [1.82, 2.24) is 10.3 Å². The van der Waals surface area contributed by atoms with Gasteiger partial charge in [-0.15, -0.1) is 0 Å². The average molecular weight is 245 g/mol. The monoisotopic (exact) mass is 245 g/mol. The number of pyridine rings is 1. The summed E-state index contributed by atoms with van der Waals surface area (Å²) in [7, 11) is 0. The zero-order chi connectivity index (χ0) is 12.8. The van der Waals surface area contributed by atoms with Crippen molar-refractivity contribution in [3.8, 4) is 11.9 Å². The van der Waals surface area contributed by atoms with Crippen LogP contribution in [-0.4, -0.2) is 24.2 Å². The average Bonchev–Trinajstić information content (AvgIpc) is 2.40. The second-order valence-corrected chi connectivity index (χ2v) is 4.70. The van der Waals surface area contributed by atoms with Crippen LogP contribution in [-0.2, 0) is 0 Å². The normalized spacial score (nSPS) is 19.2. The minimum absolute atomic E-state index is 0.466. The van der Waals surface area contributed by atoms with Crippen LogP contribution in [0, 0.1) is 18.3 Å². The van der Waals surface area contributed by atoms with Gasteiger partial charge in [0.05, 0.1) is 6.61 Å². The van der Waals surface area contributed by atoms with Gasteiger partial charge in [-0.3, -0.25) is 0 Å². The lowest BCUT2D eigenvalue weighted by Crippen LogP contribution is -2.35. The molecule has 2 heterocycles. The fourth-order valence-corrected chi connectivity index (χ4v) is 2.20. The third-order valence-corrected chi connectivity index (χ3v) is 3.24. The Balaban J connectivity index is 1.86. The summed E-state index contributed by atoms with van der Waals surface area (Å²) in [6, 6.07) is 6.25. The summed E-state index contributed by atoms with van der Waals surface area (Å²) in [5, 5.41) is 12.5. The van der Waals surface area contributed by atoms with Crippen molar-refractivity contribution in [3.63, 3.8) is 0 Å². The Morgan fingerprint density at radius 1 is 1.50 bits per heavy atom. The van der Waals surface area contributed by atoms with Crippen LogP contribution in [0.5, 0.6) is 5.88 Å². The Hall–Kier alpha value is -1.60. The van der Waals surface area contributed by atoms with Gasteiger partial charge >= 0.3 is 0 Å². The first-order valence-electron chi connectivity index (χ1n) is 6.53. The quantitative estimate of drug-likeness (QED) is 0.883. The fourth-order valence-electron chi connectivity index (χ4n) is 2.20. The molecule has 0 aliphatic carbocycles. The fraction of sp³-hybridized carbons (Fsp3) is 0.571. The Morgan fingerprint density at radius 3 is 3.11 bits per heavy atom. The van der Waals surface area contributed by atoms with Crippen LogP contribution in [0.4, 0.5) is 0 Å². The molecule has 1 saturated heterocycles. The van der Waals surface area contributed by atoms with Gasteiger partial charge in [-0.2, -0.15) is 5.26 Å². The van der Waals surface area contributed by atoms with Crippen molar-refractivity contribution < 1.29 is 4.74 Å². The highest BCUT2D eigenvalue weighted by atomic mass is 16.5. The van der Waals surface area contributed by atoms with Gasteiger partial charge in [0.1, 0.15) is 11.6 Å². The van der Waals surface area contributed by atoms with Crippen molar-refractivity contribution in [3.05, 3.63) is 23.4 Å². The van der Waals surface area contributed by atoms with E-state index in [-0.39, 0.29) is 0 Å². The summed E-state index contributed by atoms with van der Waals surface area (Å²) in [6.45, 7) is 3.62. The maximum atomic E-state index is 8.98. The molecule has 1 atom stereocenters. The number of ether oxygens (including phenoxy) is 1. The standard InChI is InChI=1S/C14H19N3O/c1-11-5-6-12(10-15)14(17-11)18-9-7-13-4-2-3-8-16-13/h5-6,13,16H,2-4,7-9H2,1H3. The molecule has 0 bridgehead atoms. The molecule has 18 heavy (non-hydrogen) atoms. The van der Waals surface area contributed by atoms with Gasteiger partial charge in [-0.1, -0.05) is 6.42 Å². The molecule has 0 aromatic carbocycles. The Kier molecular flexibility index (Phi) is 4.54. The van der Waals surface area contributed by atoms with E-state index >= 15 is 0 Å². The molecular formula is C14H19N3O. The molecule has 1 aliphatic rings.